The molecule has 186 valence electrons. The van der Waals surface area contributed by atoms with Crippen molar-refractivity contribution in [2.24, 2.45) is 0 Å². The second kappa shape index (κ2) is 8.82. The van der Waals surface area contributed by atoms with Crippen LogP contribution in [-0.4, -0.2) is 36.6 Å². The van der Waals surface area contributed by atoms with Gasteiger partial charge in [0.15, 0.2) is 5.78 Å². The molecule has 2 fully saturated rings. The number of benzene rings is 1. The molecule has 0 radical (unpaired) electrons. The number of nitrogens with zero attached hydrogens (tertiary/aromatic N) is 4. The summed E-state index contributed by atoms with van der Waals surface area (Å²) in [6.45, 7) is 1.67. The summed E-state index contributed by atoms with van der Waals surface area (Å²) in [5.41, 5.74) is 8.99. The monoisotopic (exact) mass is 510 g/mol. The van der Waals surface area contributed by atoms with E-state index < -0.39 is 0 Å². The maximum atomic E-state index is 12.7. The van der Waals surface area contributed by atoms with Crippen LogP contribution in [0, 0.1) is 11.8 Å². The minimum atomic E-state index is -0.245. The average Bonchev–Trinajstić information content (AvgIpc) is 3.67. The molecule has 0 unspecified atom stereocenters. The molecule has 3 N–H and O–H groups in total. The fourth-order valence-electron chi connectivity index (χ4n) is 6.10. The number of aromatic nitrogens is 4. The highest BCUT2D eigenvalue weighted by Crippen LogP contribution is 2.57. The van der Waals surface area contributed by atoms with Crippen molar-refractivity contribution < 1.29 is 9.59 Å². The predicted octanol–water partition coefficient (Wildman–Crippen LogP) is 3.95. The van der Waals surface area contributed by atoms with Crippen molar-refractivity contribution in [3.8, 4) is 23.1 Å². The standard InChI is InChI=1S/C28H26N6O2S/c1-2-3-21(36)33-28-10-8-27(17-28,9-11-28)26-32-23(24-25(29)31-12-14-34(24)26)19-6-4-18(5-7-19)20(35)16-22-30-13-15-37-22/h4-7,12-15H,8-11,16-17H2,1H3,(H2,29,31)(H,33,36). The second-order valence-electron chi connectivity index (χ2n) is 9.98. The van der Waals surface area contributed by atoms with Gasteiger partial charge >= 0.3 is 0 Å². The number of ketones is 1. The zero-order valence-electron chi connectivity index (χ0n) is 20.5. The molecule has 0 aliphatic heterocycles. The minimum Gasteiger partial charge on any atom is -0.382 e. The smallest absolute Gasteiger partial charge is 0.296 e. The summed E-state index contributed by atoms with van der Waals surface area (Å²) in [5.74, 6) is 6.47. The van der Waals surface area contributed by atoms with E-state index in [1.807, 2.05) is 35.8 Å². The van der Waals surface area contributed by atoms with Gasteiger partial charge in [0.05, 0.1) is 6.42 Å². The van der Waals surface area contributed by atoms with Crippen molar-refractivity contribution in [2.45, 2.75) is 56.4 Å². The fraction of sp³-hybridized carbons (Fsp3) is 0.321. The number of anilines is 1. The summed E-state index contributed by atoms with van der Waals surface area (Å²) in [5, 5.41) is 5.86. The molecule has 1 amide bonds. The third-order valence-electron chi connectivity index (χ3n) is 7.79. The molecule has 8 nitrogen and oxygen atoms in total. The first-order valence-electron chi connectivity index (χ1n) is 12.3. The van der Waals surface area contributed by atoms with Gasteiger partial charge in [0.2, 0.25) is 0 Å². The average molecular weight is 511 g/mol. The molecule has 2 bridgehead atoms. The van der Waals surface area contributed by atoms with Crippen LogP contribution < -0.4 is 11.1 Å². The number of imidazole rings is 1. The van der Waals surface area contributed by atoms with Crippen LogP contribution in [0.15, 0.2) is 48.2 Å². The molecule has 2 aliphatic carbocycles. The van der Waals surface area contributed by atoms with Gasteiger partial charge in [-0.1, -0.05) is 30.2 Å². The normalized spacial score (nSPS) is 22.1. The Labute approximate surface area is 218 Å². The number of amides is 1. The van der Waals surface area contributed by atoms with Crippen LogP contribution in [0.1, 0.15) is 60.2 Å². The molecule has 4 aromatic rings. The predicted molar refractivity (Wildman–Crippen MR) is 142 cm³/mol. The molecule has 3 heterocycles. The quantitative estimate of drug-likeness (QED) is 0.300. The van der Waals surface area contributed by atoms with Crippen molar-refractivity contribution >= 4 is 34.4 Å². The van der Waals surface area contributed by atoms with Gasteiger partial charge in [-0.25, -0.2) is 15.0 Å². The lowest BCUT2D eigenvalue weighted by atomic mass is 9.83. The van der Waals surface area contributed by atoms with Crippen molar-refractivity contribution in [3.05, 3.63) is 64.6 Å². The second-order valence-corrected chi connectivity index (χ2v) is 11.0. The number of nitrogen functional groups attached to an aromatic ring is 1. The molecule has 0 saturated heterocycles. The van der Waals surface area contributed by atoms with Gasteiger partial charge in [0.25, 0.3) is 5.91 Å². The minimum absolute atomic E-state index is 0.0278. The van der Waals surface area contributed by atoms with Gasteiger partial charge in [-0.3, -0.25) is 14.0 Å². The summed E-state index contributed by atoms with van der Waals surface area (Å²) >= 11 is 1.48. The highest BCUT2D eigenvalue weighted by molar-refractivity contribution is 7.09. The number of Topliss-reactive ketones (excluding diaryl/α,β-unsaturated/α-hetero) is 1. The zero-order chi connectivity index (χ0) is 25.6. The van der Waals surface area contributed by atoms with E-state index in [1.165, 1.54) is 11.3 Å². The molecule has 2 aliphatic rings. The zero-order valence-corrected chi connectivity index (χ0v) is 21.3. The van der Waals surface area contributed by atoms with Crippen LogP contribution >= 0.6 is 11.3 Å². The Morgan fingerprint density at radius 2 is 1.92 bits per heavy atom. The van der Waals surface area contributed by atoms with E-state index in [0.717, 1.165) is 59.7 Å². The molecular weight excluding hydrogens is 484 g/mol. The van der Waals surface area contributed by atoms with Gasteiger partial charge in [-0.15, -0.1) is 11.3 Å². The largest absolute Gasteiger partial charge is 0.382 e. The molecule has 0 atom stereocenters. The first-order valence-corrected chi connectivity index (χ1v) is 13.2. The SMILES string of the molecule is CC#CC(=O)NC12CCC(c3nc(-c4ccc(C(=O)Cc5nccs5)cc4)c4c(N)nccn34)(CC1)C2. The number of carbonyl (C=O) groups is 2. The number of hydrogen-bond acceptors (Lipinski definition) is 7. The maximum Gasteiger partial charge on any atom is 0.296 e. The van der Waals surface area contributed by atoms with Gasteiger partial charge in [-0.2, -0.15) is 0 Å². The van der Waals surface area contributed by atoms with Gasteiger partial charge in [0.1, 0.15) is 27.9 Å². The number of nitrogens with one attached hydrogen (secondary N) is 1. The highest BCUT2D eigenvalue weighted by atomic mass is 32.1. The molecular formula is C28H26N6O2S. The lowest BCUT2D eigenvalue weighted by Gasteiger charge is -2.27. The first-order chi connectivity index (χ1) is 17.9. The van der Waals surface area contributed by atoms with E-state index in [-0.39, 0.29) is 29.1 Å². The van der Waals surface area contributed by atoms with Crippen molar-refractivity contribution in [3.63, 3.8) is 0 Å². The summed E-state index contributed by atoms with van der Waals surface area (Å²) in [6.07, 6.45) is 10.1. The van der Waals surface area contributed by atoms with Crippen molar-refractivity contribution in [1.82, 2.24) is 24.7 Å². The summed E-state index contributed by atoms with van der Waals surface area (Å²) in [7, 11) is 0. The lowest BCUT2D eigenvalue weighted by molar-refractivity contribution is -0.117. The van der Waals surface area contributed by atoms with Crippen LogP contribution in [-0.2, 0) is 16.6 Å². The Balaban J connectivity index is 1.35. The summed E-state index contributed by atoms with van der Waals surface area (Å²) in [4.78, 5) is 38.7. The van der Waals surface area contributed by atoms with E-state index in [9.17, 15) is 9.59 Å². The Kier molecular flexibility index (Phi) is 5.57. The maximum absolute atomic E-state index is 12.7. The van der Waals surface area contributed by atoms with E-state index >= 15 is 0 Å². The number of rotatable bonds is 6. The van der Waals surface area contributed by atoms with Crippen LogP contribution in [0.2, 0.25) is 0 Å². The van der Waals surface area contributed by atoms with E-state index in [4.69, 9.17) is 10.7 Å². The van der Waals surface area contributed by atoms with E-state index in [1.54, 1.807) is 19.3 Å². The Hall–Kier alpha value is -4.03. The first kappa shape index (κ1) is 23.4. The summed E-state index contributed by atoms with van der Waals surface area (Å²) < 4.78 is 2.06. The third-order valence-corrected chi connectivity index (χ3v) is 8.57. The van der Waals surface area contributed by atoms with E-state index in [2.05, 4.69) is 31.5 Å². The molecule has 3 aromatic heterocycles. The van der Waals surface area contributed by atoms with Crippen LogP contribution in [0.25, 0.3) is 16.8 Å². The molecule has 0 spiro atoms. The number of nitrogens with two attached hydrogens (primary N) is 1. The topological polar surface area (TPSA) is 115 Å². The third kappa shape index (κ3) is 3.98. The Morgan fingerprint density at radius 3 is 2.62 bits per heavy atom. The summed E-state index contributed by atoms with van der Waals surface area (Å²) in [6, 6.07) is 7.51. The van der Waals surface area contributed by atoms with E-state index in [0.29, 0.717) is 11.4 Å². The number of thiazole rings is 1. The molecule has 2 saturated carbocycles. The number of fused-ring (bicyclic) bond motifs is 3. The molecule has 6 rings (SSSR count). The van der Waals surface area contributed by atoms with Crippen molar-refractivity contribution in [1.29, 1.82) is 0 Å². The molecule has 1 aromatic carbocycles. The Morgan fingerprint density at radius 1 is 1.14 bits per heavy atom. The highest BCUT2D eigenvalue weighted by Gasteiger charge is 2.57. The van der Waals surface area contributed by atoms with Crippen LogP contribution in [0.5, 0.6) is 0 Å². The van der Waals surface area contributed by atoms with Crippen molar-refractivity contribution in [2.75, 3.05) is 5.73 Å². The number of hydrogen-bond donors (Lipinski definition) is 2. The van der Waals surface area contributed by atoms with Crippen LogP contribution in [0.4, 0.5) is 5.82 Å². The van der Waals surface area contributed by atoms with Gasteiger partial charge in [0, 0.05) is 46.1 Å². The molecule has 9 heteroatoms. The number of carbonyl (C=O) groups excluding carboxylic acids is 2. The Bertz CT molecular complexity index is 1570. The van der Waals surface area contributed by atoms with Gasteiger partial charge < -0.3 is 11.1 Å². The van der Waals surface area contributed by atoms with Gasteiger partial charge in [-0.05, 0) is 44.9 Å². The fourth-order valence-corrected chi connectivity index (χ4v) is 6.71. The molecule has 37 heavy (non-hydrogen) atoms. The van der Waals surface area contributed by atoms with Crippen LogP contribution in [0.3, 0.4) is 0 Å². The lowest BCUT2D eigenvalue weighted by Crippen LogP contribution is -2.44.